The molecule has 1 aliphatic rings. The minimum atomic E-state index is -0.235. The van der Waals surface area contributed by atoms with E-state index in [1.807, 2.05) is 30.3 Å². The molecule has 2 heterocycles. The van der Waals surface area contributed by atoms with E-state index < -0.39 is 0 Å². The van der Waals surface area contributed by atoms with Crippen LogP contribution >= 0.6 is 11.8 Å². The van der Waals surface area contributed by atoms with Crippen molar-refractivity contribution in [2.24, 2.45) is 7.05 Å². The highest BCUT2D eigenvalue weighted by molar-refractivity contribution is 7.99. The maximum atomic E-state index is 13.0. The van der Waals surface area contributed by atoms with Crippen molar-refractivity contribution in [2.75, 3.05) is 17.7 Å². The van der Waals surface area contributed by atoms with Gasteiger partial charge in [0.15, 0.2) is 5.16 Å². The number of aromatic nitrogens is 2. The Morgan fingerprint density at radius 3 is 2.58 bits per heavy atom. The summed E-state index contributed by atoms with van der Waals surface area (Å²) in [5.41, 5.74) is 1.53. The van der Waals surface area contributed by atoms with Crippen molar-refractivity contribution in [3.05, 3.63) is 51.8 Å². The van der Waals surface area contributed by atoms with Gasteiger partial charge < -0.3 is 0 Å². The first kappa shape index (κ1) is 16.8. The number of anilines is 1. The molecule has 0 N–H and O–H groups in total. The third kappa shape index (κ3) is 2.86. The molecule has 0 radical (unpaired) electrons. The molecule has 1 aromatic carbocycles. The molecule has 0 saturated heterocycles. The predicted octanol–water partition coefficient (Wildman–Crippen LogP) is 2.78. The molecule has 1 aliphatic heterocycles. The van der Waals surface area contributed by atoms with E-state index in [1.54, 1.807) is 30.4 Å². The van der Waals surface area contributed by atoms with E-state index in [2.05, 4.69) is 11.9 Å². The number of hydrogen-bond donors (Lipinski definition) is 0. The highest BCUT2D eigenvalue weighted by Crippen LogP contribution is 2.37. The zero-order chi connectivity index (χ0) is 17.3. The van der Waals surface area contributed by atoms with Gasteiger partial charge in [-0.15, -0.1) is 0 Å². The summed E-state index contributed by atoms with van der Waals surface area (Å²) in [7, 11) is 3.45. The topological polar surface area (TPSA) is 55.2 Å². The molecule has 5 nitrogen and oxygen atoms in total. The molecule has 1 amide bonds. The first-order valence-corrected chi connectivity index (χ1v) is 9.08. The van der Waals surface area contributed by atoms with Gasteiger partial charge in [0.2, 0.25) is 5.91 Å². The van der Waals surface area contributed by atoms with Gasteiger partial charge >= 0.3 is 0 Å². The van der Waals surface area contributed by atoms with Gasteiger partial charge in [-0.3, -0.25) is 19.1 Å². The maximum absolute atomic E-state index is 13.0. The van der Waals surface area contributed by atoms with Crippen molar-refractivity contribution >= 4 is 23.5 Å². The molecule has 0 saturated carbocycles. The van der Waals surface area contributed by atoms with Gasteiger partial charge in [-0.1, -0.05) is 49.0 Å². The Hall–Kier alpha value is -2.08. The smallest absolute Gasteiger partial charge is 0.259 e. The largest absolute Gasteiger partial charge is 0.299 e. The van der Waals surface area contributed by atoms with Crippen LogP contribution in [-0.2, 0) is 11.8 Å². The van der Waals surface area contributed by atoms with E-state index >= 15 is 0 Å². The second-order valence-electron chi connectivity index (χ2n) is 5.96. The monoisotopic (exact) mass is 343 g/mol. The Bertz CT molecular complexity index is 817. The van der Waals surface area contributed by atoms with Crippen LogP contribution in [0.2, 0.25) is 0 Å². The van der Waals surface area contributed by atoms with Gasteiger partial charge in [-0.05, 0) is 12.0 Å². The average Bonchev–Trinajstić information content (AvgIpc) is 2.60. The van der Waals surface area contributed by atoms with Crippen molar-refractivity contribution in [1.29, 1.82) is 0 Å². The lowest BCUT2D eigenvalue weighted by molar-refractivity contribution is -0.118. The highest BCUT2D eigenvalue weighted by atomic mass is 32.2. The SMILES string of the molecule is CCCSc1nc2c(c(=O)n1C)C(c1ccccc1)CC(=O)N2C. The van der Waals surface area contributed by atoms with Crippen LogP contribution in [-0.4, -0.2) is 28.3 Å². The summed E-state index contributed by atoms with van der Waals surface area (Å²) in [6.45, 7) is 2.09. The number of amides is 1. The van der Waals surface area contributed by atoms with E-state index in [0.29, 0.717) is 23.0 Å². The Balaban J connectivity index is 2.18. The normalized spacial score (nSPS) is 17.0. The summed E-state index contributed by atoms with van der Waals surface area (Å²) in [5.74, 6) is 1.14. The van der Waals surface area contributed by atoms with E-state index in [1.165, 1.54) is 4.90 Å². The highest BCUT2D eigenvalue weighted by Gasteiger charge is 2.35. The van der Waals surface area contributed by atoms with Crippen LogP contribution in [0.25, 0.3) is 0 Å². The Morgan fingerprint density at radius 2 is 1.92 bits per heavy atom. The Labute approximate surface area is 145 Å². The quantitative estimate of drug-likeness (QED) is 0.633. The molecule has 2 aromatic rings. The first-order valence-electron chi connectivity index (χ1n) is 8.09. The number of carbonyl (C=O) groups is 1. The Kier molecular flexibility index (Phi) is 4.76. The fraction of sp³-hybridized carbons (Fsp3) is 0.389. The van der Waals surface area contributed by atoms with E-state index in [-0.39, 0.29) is 17.4 Å². The molecule has 126 valence electrons. The van der Waals surface area contributed by atoms with Crippen molar-refractivity contribution < 1.29 is 4.79 Å². The minimum absolute atomic E-state index is 0.0106. The standard InChI is InChI=1S/C18H21N3O2S/c1-4-10-24-18-19-16-15(17(23)21(18)3)13(11-14(22)20(16)2)12-8-6-5-7-9-12/h5-9,13H,4,10-11H2,1-3H3. The lowest BCUT2D eigenvalue weighted by Gasteiger charge is -2.31. The Morgan fingerprint density at radius 1 is 1.21 bits per heavy atom. The number of nitrogens with zero attached hydrogens (tertiary/aromatic N) is 3. The third-order valence-electron chi connectivity index (χ3n) is 4.32. The molecular formula is C18H21N3O2S. The summed E-state index contributed by atoms with van der Waals surface area (Å²) < 4.78 is 1.61. The molecule has 3 rings (SSSR count). The van der Waals surface area contributed by atoms with Crippen LogP contribution < -0.4 is 10.5 Å². The molecule has 0 bridgehead atoms. The van der Waals surface area contributed by atoms with Gasteiger partial charge in [0.1, 0.15) is 5.82 Å². The minimum Gasteiger partial charge on any atom is -0.299 e. The van der Waals surface area contributed by atoms with Crippen LogP contribution in [0.4, 0.5) is 5.82 Å². The van der Waals surface area contributed by atoms with Gasteiger partial charge in [0, 0.05) is 32.2 Å². The number of carbonyl (C=O) groups excluding carboxylic acids is 1. The van der Waals surface area contributed by atoms with Crippen LogP contribution in [0.15, 0.2) is 40.3 Å². The fourth-order valence-electron chi connectivity index (χ4n) is 2.97. The molecule has 24 heavy (non-hydrogen) atoms. The van der Waals surface area contributed by atoms with Crippen LogP contribution in [0.5, 0.6) is 0 Å². The molecule has 1 atom stereocenters. The summed E-state index contributed by atoms with van der Waals surface area (Å²) in [4.78, 5) is 31.6. The average molecular weight is 343 g/mol. The lowest BCUT2D eigenvalue weighted by atomic mass is 9.86. The fourth-order valence-corrected chi connectivity index (χ4v) is 3.79. The van der Waals surface area contributed by atoms with Crippen molar-refractivity contribution in [1.82, 2.24) is 9.55 Å². The van der Waals surface area contributed by atoms with Crippen molar-refractivity contribution in [3.8, 4) is 0 Å². The van der Waals surface area contributed by atoms with E-state index in [0.717, 1.165) is 17.7 Å². The second-order valence-corrected chi connectivity index (χ2v) is 7.03. The molecular weight excluding hydrogens is 322 g/mol. The molecule has 0 spiro atoms. The van der Waals surface area contributed by atoms with E-state index in [4.69, 9.17) is 0 Å². The van der Waals surface area contributed by atoms with Crippen LogP contribution in [0, 0.1) is 0 Å². The molecule has 1 aromatic heterocycles. The number of hydrogen-bond acceptors (Lipinski definition) is 4. The number of fused-ring (bicyclic) bond motifs is 1. The summed E-state index contributed by atoms with van der Waals surface area (Å²) in [5, 5.41) is 0.661. The zero-order valence-electron chi connectivity index (χ0n) is 14.2. The number of benzene rings is 1. The van der Waals surface area contributed by atoms with Gasteiger partial charge in [0.25, 0.3) is 5.56 Å². The summed E-state index contributed by atoms with van der Waals surface area (Å²) >= 11 is 1.55. The van der Waals surface area contributed by atoms with Crippen LogP contribution in [0.3, 0.4) is 0 Å². The van der Waals surface area contributed by atoms with Gasteiger partial charge in [-0.2, -0.15) is 0 Å². The number of thioether (sulfide) groups is 1. The predicted molar refractivity (Wildman–Crippen MR) is 96.8 cm³/mol. The second kappa shape index (κ2) is 6.81. The van der Waals surface area contributed by atoms with Crippen molar-refractivity contribution in [3.63, 3.8) is 0 Å². The summed E-state index contributed by atoms with van der Waals surface area (Å²) in [6, 6.07) is 9.73. The van der Waals surface area contributed by atoms with Gasteiger partial charge in [-0.25, -0.2) is 4.98 Å². The third-order valence-corrected chi connectivity index (χ3v) is 5.56. The summed E-state index contributed by atoms with van der Waals surface area (Å²) in [6.07, 6.45) is 1.30. The lowest BCUT2D eigenvalue weighted by Crippen LogP contribution is -2.40. The van der Waals surface area contributed by atoms with Crippen LogP contribution in [0.1, 0.15) is 36.8 Å². The molecule has 1 unspecified atom stereocenters. The molecule has 0 fully saturated rings. The first-order chi connectivity index (χ1) is 11.5. The van der Waals surface area contributed by atoms with Crippen molar-refractivity contribution in [2.45, 2.75) is 30.8 Å². The molecule has 0 aliphatic carbocycles. The van der Waals surface area contributed by atoms with Gasteiger partial charge in [0.05, 0.1) is 5.56 Å². The maximum Gasteiger partial charge on any atom is 0.259 e. The van der Waals surface area contributed by atoms with E-state index in [9.17, 15) is 9.59 Å². The number of rotatable bonds is 4. The zero-order valence-corrected chi connectivity index (χ0v) is 15.0. The molecule has 6 heteroatoms.